The first-order valence-corrected chi connectivity index (χ1v) is 8.27. The lowest BCUT2D eigenvalue weighted by Crippen LogP contribution is -2.13. The quantitative estimate of drug-likeness (QED) is 0.880. The van der Waals surface area contributed by atoms with E-state index in [1.807, 2.05) is 0 Å². The summed E-state index contributed by atoms with van der Waals surface area (Å²) in [4.78, 5) is 4.98. The van der Waals surface area contributed by atoms with Crippen LogP contribution < -0.4 is 5.73 Å². The van der Waals surface area contributed by atoms with Crippen LogP contribution in [0.25, 0.3) is 0 Å². The highest BCUT2D eigenvalue weighted by molar-refractivity contribution is 5.39. The van der Waals surface area contributed by atoms with Gasteiger partial charge < -0.3 is 10.3 Å². The molecule has 1 aliphatic rings. The molecule has 1 heterocycles. The Hall–Kier alpha value is -0.990. The van der Waals surface area contributed by atoms with E-state index in [2.05, 4.69) is 32.3 Å². The van der Waals surface area contributed by atoms with E-state index < -0.39 is 0 Å². The first-order valence-electron chi connectivity index (χ1n) is 8.27. The molecule has 0 spiro atoms. The van der Waals surface area contributed by atoms with Crippen molar-refractivity contribution < 1.29 is 0 Å². The van der Waals surface area contributed by atoms with E-state index in [1.165, 1.54) is 37.9 Å². The van der Waals surface area contributed by atoms with Gasteiger partial charge in [-0.15, -0.1) is 0 Å². The van der Waals surface area contributed by atoms with Gasteiger partial charge in [0.25, 0.3) is 0 Å². The third-order valence-electron chi connectivity index (χ3n) is 4.23. The molecule has 2 N–H and O–H groups in total. The van der Waals surface area contributed by atoms with Crippen LogP contribution >= 0.6 is 0 Å². The molecule has 0 bridgehead atoms. The summed E-state index contributed by atoms with van der Waals surface area (Å²) in [6.45, 7) is 9.99. The maximum absolute atomic E-state index is 6.40. The maximum Gasteiger partial charge on any atom is 0.126 e. The van der Waals surface area contributed by atoms with Crippen molar-refractivity contribution in [3.05, 3.63) is 11.5 Å². The fraction of sp³-hybridized carbons (Fsp3) is 0.824. The summed E-state index contributed by atoms with van der Waals surface area (Å²) in [5.74, 6) is 2.82. The van der Waals surface area contributed by atoms with Gasteiger partial charge in [-0.2, -0.15) is 0 Å². The number of hydrogen-bond donors (Lipinski definition) is 1. The van der Waals surface area contributed by atoms with E-state index in [9.17, 15) is 0 Å². The number of anilines is 1. The minimum absolute atomic E-state index is 0.239. The molecule has 1 saturated carbocycles. The molecule has 1 fully saturated rings. The highest BCUT2D eigenvalue weighted by Gasteiger charge is 2.25. The lowest BCUT2D eigenvalue weighted by atomic mass is 9.88. The van der Waals surface area contributed by atoms with Crippen molar-refractivity contribution in [3.63, 3.8) is 0 Å². The summed E-state index contributed by atoms with van der Waals surface area (Å²) in [6.07, 6.45) is 8.74. The van der Waals surface area contributed by atoms with E-state index in [-0.39, 0.29) is 5.41 Å². The van der Waals surface area contributed by atoms with Crippen LogP contribution in [0.5, 0.6) is 0 Å². The highest BCUT2D eigenvalue weighted by atomic mass is 15.1. The summed E-state index contributed by atoms with van der Waals surface area (Å²) in [6, 6.07) is 0. The normalized spacial score (nSPS) is 17.6. The van der Waals surface area contributed by atoms with Gasteiger partial charge >= 0.3 is 0 Å². The molecule has 0 aliphatic heterocycles. The monoisotopic (exact) mass is 277 g/mol. The Morgan fingerprint density at radius 3 is 2.40 bits per heavy atom. The summed E-state index contributed by atoms with van der Waals surface area (Å²) in [7, 11) is 0. The van der Waals surface area contributed by atoms with Crippen LogP contribution in [0, 0.1) is 5.41 Å². The van der Waals surface area contributed by atoms with Gasteiger partial charge in [0.1, 0.15) is 11.6 Å². The summed E-state index contributed by atoms with van der Waals surface area (Å²) in [5.41, 5.74) is 7.76. The van der Waals surface area contributed by atoms with Crippen LogP contribution in [0.2, 0.25) is 0 Å². The van der Waals surface area contributed by atoms with Gasteiger partial charge in [-0.1, -0.05) is 47.0 Å². The van der Waals surface area contributed by atoms with Gasteiger partial charge in [-0.25, -0.2) is 4.98 Å². The molecule has 0 aromatic carbocycles. The van der Waals surface area contributed by atoms with Gasteiger partial charge in [0, 0.05) is 12.5 Å². The van der Waals surface area contributed by atoms with Gasteiger partial charge in [0.15, 0.2) is 0 Å². The second-order valence-electron chi connectivity index (χ2n) is 7.53. The molecular formula is C17H31N3. The number of nitrogen functional groups attached to an aromatic ring is 1. The minimum Gasteiger partial charge on any atom is -0.384 e. The number of hydrogen-bond acceptors (Lipinski definition) is 2. The Morgan fingerprint density at radius 1 is 1.20 bits per heavy atom. The number of aromatic nitrogens is 2. The van der Waals surface area contributed by atoms with E-state index in [4.69, 9.17) is 10.7 Å². The number of nitrogens with two attached hydrogens (primary N) is 1. The van der Waals surface area contributed by atoms with Crippen molar-refractivity contribution in [1.82, 2.24) is 9.55 Å². The lowest BCUT2D eigenvalue weighted by molar-refractivity contribution is 0.403. The van der Waals surface area contributed by atoms with E-state index >= 15 is 0 Å². The first kappa shape index (κ1) is 15.4. The maximum atomic E-state index is 6.40. The van der Waals surface area contributed by atoms with E-state index in [1.54, 1.807) is 0 Å². The highest BCUT2D eigenvalue weighted by Crippen LogP contribution is 2.35. The van der Waals surface area contributed by atoms with Gasteiger partial charge in [0.05, 0.1) is 5.69 Å². The molecule has 1 aliphatic carbocycles. The van der Waals surface area contributed by atoms with Gasteiger partial charge in [0.2, 0.25) is 0 Å². The zero-order valence-corrected chi connectivity index (χ0v) is 13.7. The fourth-order valence-electron chi connectivity index (χ4n) is 3.30. The van der Waals surface area contributed by atoms with Crippen molar-refractivity contribution in [3.8, 4) is 0 Å². The standard InChI is InChI=1S/C17H31N3/c1-5-11-20-15(18)14(12-17(2,3)4)19-16(20)13-9-7-6-8-10-13/h13H,5-12,18H2,1-4H3. The molecule has 114 valence electrons. The van der Waals surface area contributed by atoms with Crippen molar-refractivity contribution in [2.45, 2.75) is 85.1 Å². The zero-order chi connectivity index (χ0) is 14.8. The molecule has 3 nitrogen and oxygen atoms in total. The molecule has 20 heavy (non-hydrogen) atoms. The van der Waals surface area contributed by atoms with Crippen molar-refractivity contribution in [1.29, 1.82) is 0 Å². The molecule has 0 amide bonds. The molecular weight excluding hydrogens is 246 g/mol. The topological polar surface area (TPSA) is 43.8 Å². The summed E-state index contributed by atoms with van der Waals surface area (Å²) >= 11 is 0. The Bertz CT molecular complexity index is 434. The lowest BCUT2D eigenvalue weighted by Gasteiger charge is -2.22. The minimum atomic E-state index is 0.239. The summed E-state index contributed by atoms with van der Waals surface area (Å²) < 4.78 is 2.30. The third-order valence-corrected chi connectivity index (χ3v) is 4.23. The van der Waals surface area contributed by atoms with E-state index in [0.717, 1.165) is 30.9 Å². The van der Waals surface area contributed by atoms with Crippen molar-refractivity contribution >= 4 is 5.82 Å². The van der Waals surface area contributed by atoms with Crippen molar-refractivity contribution in [2.75, 3.05) is 5.73 Å². The second-order valence-corrected chi connectivity index (χ2v) is 7.53. The average molecular weight is 277 g/mol. The SMILES string of the molecule is CCCn1c(C2CCCCC2)nc(CC(C)(C)C)c1N. The molecule has 0 unspecified atom stereocenters. The van der Waals surface area contributed by atoms with Gasteiger partial charge in [-0.05, 0) is 31.1 Å². The second kappa shape index (κ2) is 6.19. The van der Waals surface area contributed by atoms with Crippen LogP contribution in [-0.2, 0) is 13.0 Å². The van der Waals surface area contributed by atoms with Crippen LogP contribution in [0.15, 0.2) is 0 Å². The molecule has 1 aromatic heterocycles. The number of nitrogens with zero attached hydrogens (tertiary/aromatic N) is 2. The number of rotatable bonds is 4. The summed E-state index contributed by atoms with van der Waals surface area (Å²) in [5, 5.41) is 0. The van der Waals surface area contributed by atoms with Crippen LogP contribution in [0.1, 0.15) is 83.7 Å². The Kier molecular flexibility index (Phi) is 4.77. The molecule has 0 radical (unpaired) electrons. The smallest absolute Gasteiger partial charge is 0.126 e. The Balaban J connectivity index is 2.31. The van der Waals surface area contributed by atoms with Gasteiger partial charge in [-0.3, -0.25) is 0 Å². The van der Waals surface area contributed by atoms with Crippen molar-refractivity contribution in [2.24, 2.45) is 5.41 Å². The van der Waals surface area contributed by atoms with Crippen LogP contribution in [0.4, 0.5) is 5.82 Å². The van der Waals surface area contributed by atoms with E-state index in [0.29, 0.717) is 5.92 Å². The molecule has 2 rings (SSSR count). The molecule has 1 aromatic rings. The van der Waals surface area contributed by atoms with Crippen LogP contribution in [-0.4, -0.2) is 9.55 Å². The fourth-order valence-corrected chi connectivity index (χ4v) is 3.30. The molecule has 0 atom stereocenters. The largest absolute Gasteiger partial charge is 0.384 e. The zero-order valence-electron chi connectivity index (χ0n) is 13.7. The average Bonchev–Trinajstić information content (AvgIpc) is 2.67. The molecule has 0 saturated heterocycles. The van der Waals surface area contributed by atoms with Crippen LogP contribution in [0.3, 0.4) is 0 Å². The number of imidazole rings is 1. The first-order chi connectivity index (χ1) is 9.42. The predicted molar refractivity (Wildman–Crippen MR) is 85.9 cm³/mol. The third kappa shape index (κ3) is 3.56. The predicted octanol–water partition coefficient (Wildman–Crippen LogP) is 4.51. The Labute approximate surface area is 124 Å². The molecule has 3 heteroatoms. The Morgan fingerprint density at radius 2 is 1.85 bits per heavy atom.